The van der Waals surface area contributed by atoms with E-state index in [9.17, 15) is 0 Å². The first kappa shape index (κ1) is 12.5. The predicted octanol–water partition coefficient (Wildman–Crippen LogP) is 3.70. The maximum absolute atomic E-state index is 5.72. The number of rotatable bonds is 3. The number of fused-ring (bicyclic) bond motifs is 1. The van der Waals surface area contributed by atoms with Crippen molar-refractivity contribution < 1.29 is 4.74 Å². The summed E-state index contributed by atoms with van der Waals surface area (Å²) >= 11 is 3.55. The third-order valence-corrected chi connectivity index (χ3v) is 3.66. The fourth-order valence-corrected chi connectivity index (χ4v) is 2.85. The minimum absolute atomic E-state index is 0.720. The summed E-state index contributed by atoms with van der Waals surface area (Å²) in [4.78, 5) is 4.31. The van der Waals surface area contributed by atoms with Gasteiger partial charge in [0.15, 0.2) is 0 Å². The van der Waals surface area contributed by atoms with Crippen molar-refractivity contribution in [3.05, 3.63) is 51.6 Å². The molecule has 0 atom stereocenters. The average Bonchev–Trinajstić information content (AvgIpc) is 2.84. The van der Waals surface area contributed by atoms with Crippen LogP contribution in [-0.4, -0.2) is 11.6 Å². The Balaban J connectivity index is 1.81. The van der Waals surface area contributed by atoms with Gasteiger partial charge in [0.25, 0.3) is 0 Å². The highest BCUT2D eigenvalue weighted by Crippen LogP contribution is 2.33. The molecule has 98 valence electrons. The first-order valence-electron chi connectivity index (χ1n) is 6.33. The van der Waals surface area contributed by atoms with Crippen molar-refractivity contribution in [3.8, 4) is 5.75 Å². The van der Waals surface area contributed by atoms with Crippen LogP contribution in [0.2, 0.25) is 0 Å². The van der Waals surface area contributed by atoms with E-state index in [4.69, 9.17) is 4.74 Å². The minimum Gasteiger partial charge on any atom is -0.493 e. The van der Waals surface area contributed by atoms with Crippen molar-refractivity contribution in [2.24, 2.45) is 0 Å². The van der Waals surface area contributed by atoms with Gasteiger partial charge in [-0.2, -0.15) is 0 Å². The lowest BCUT2D eigenvalue weighted by Gasteiger charge is -2.11. The molecular formula is C15H15BrN2O. The number of hydrogen-bond donors (Lipinski definition) is 1. The highest BCUT2D eigenvalue weighted by Gasteiger charge is 2.17. The highest BCUT2D eigenvalue weighted by atomic mass is 79.9. The van der Waals surface area contributed by atoms with Crippen LogP contribution in [0.25, 0.3) is 0 Å². The lowest BCUT2D eigenvalue weighted by atomic mass is 10.1. The summed E-state index contributed by atoms with van der Waals surface area (Å²) in [5.41, 5.74) is 3.65. The van der Waals surface area contributed by atoms with Crippen LogP contribution in [0.15, 0.2) is 34.9 Å². The minimum atomic E-state index is 0.720. The summed E-state index contributed by atoms with van der Waals surface area (Å²) in [5.74, 6) is 1.93. The van der Waals surface area contributed by atoms with E-state index in [0.717, 1.165) is 35.6 Å². The monoisotopic (exact) mass is 318 g/mol. The first-order chi connectivity index (χ1) is 9.22. The molecule has 2 heterocycles. The van der Waals surface area contributed by atoms with Crippen molar-refractivity contribution >= 4 is 21.7 Å². The Morgan fingerprint density at radius 2 is 2.26 bits per heavy atom. The van der Waals surface area contributed by atoms with Gasteiger partial charge in [0.1, 0.15) is 11.6 Å². The number of benzene rings is 1. The molecule has 0 fully saturated rings. The third kappa shape index (κ3) is 2.73. The van der Waals surface area contributed by atoms with Gasteiger partial charge in [-0.05, 0) is 42.3 Å². The fourth-order valence-electron chi connectivity index (χ4n) is 2.30. The third-order valence-electron chi connectivity index (χ3n) is 3.20. The Kier molecular flexibility index (Phi) is 3.42. The van der Waals surface area contributed by atoms with Gasteiger partial charge >= 0.3 is 0 Å². The number of aromatic nitrogens is 1. The van der Waals surface area contributed by atoms with Crippen LogP contribution in [0.3, 0.4) is 0 Å². The normalized spacial score (nSPS) is 12.9. The van der Waals surface area contributed by atoms with Crippen LogP contribution < -0.4 is 10.1 Å². The van der Waals surface area contributed by atoms with E-state index in [-0.39, 0.29) is 0 Å². The summed E-state index contributed by atoms with van der Waals surface area (Å²) in [7, 11) is 0. The maximum atomic E-state index is 5.72. The summed E-state index contributed by atoms with van der Waals surface area (Å²) in [5, 5.41) is 3.35. The Bertz CT molecular complexity index is 613. The zero-order valence-electron chi connectivity index (χ0n) is 10.7. The largest absolute Gasteiger partial charge is 0.493 e. The quantitative estimate of drug-likeness (QED) is 0.937. The zero-order chi connectivity index (χ0) is 13.2. The Hall–Kier alpha value is -1.55. The van der Waals surface area contributed by atoms with Crippen molar-refractivity contribution in [1.82, 2.24) is 4.98 Å². The van der Waals surface area contributed by atoms with Crippen LogP contribution in [0.1, 0.15) is 16.7 Å². The van der Waals surface area contributed by atoms with Crippen LogP contribution in [0.4, 0.5) is 5.82 Å². The molecule has 0 saturated heterocycles. The lowest BCUT2D eigenvalue weighted by molar-refractivity contribution is 0.354. The van der Waals surface area contributed by atoms with Crippen LogP contribution in [-0.2, 0) is 13.0 Å². The van der Waals surface area contributed by atoms with Crippen molar-refractivity contribution in [2.75, 3.05) is 11.9 Å². The molecule has 0 unspecified atom stereocenters. The molecule has 0 saturated carbocycles. The van der Waals surface area contributed by atoms with Gasteiger partial charge in [-0.1, -0.05) is 15.9 Å². The van der Waals surface area contributed by atoms with Crippen molar-refractivity contribution in [1.29, 1.82) is 0 Å². The van der Waals surface area contributed by atoms with Gasteiger partial charge in [-0.15, -0.1) is 0 Å². The molecule has 0 amide bonds. The van der Waals surface area contributed by atoms with Gasteiger partial charge in [-0.25, -0.2) is 4.98 Å². The molecular weight excluding hydrogens is 304 g/mol. The number of ether oxygens (including phenoxy) is 1. The second-order valence-corrected chi connectivity index (χ2v) is 5.64. The Morgan fingerprint density at radius 3 is 3.11 bits per heavy atom. The standard InChI is InChI=1S/C15H15BrN2O/c1-10-2-4-17-14(6-10)18-9-12-8-13(16)7-11-3-5-19-15(11)12/h2,4,6-8H,3,5,9H2,1H3,(H,17,18). The molecule has 2 aromatic rings. The summed E-state index contributed by atoms with van der Waals surface area (Å²) in [6.07, 6.45) is 2.81. The van der Waals surface area contributed by atoms with Gasteiger partial charge in [0.05, 0.1) is 6.61 Å². The first-order valence-corrected chi connectivity index (χ1v) is 7.12. The number of pyridine rings is 1. The summed E-state index contributed by atoms with van der Waals surface area (Å²) in [6.45, 7) is 3.56. The molecule has 1 N–H and O–H groups in total. The van der Waals surface area contributed by atoms with Crippen LogP contribution in [0, 0.1) is 6.92 Å². The molecule has 19 heavy (non-hydrogen) atoms. The SMILES string of the molecule is Cc1ccnc(NCc2cc(Br)cc3c2OCC3)c1. The molecule has 0 radical (unpaired) electrons. The highest BCUT2D eigenvalue weighted by molar-refractivity contribution is 9.10. The molecule has 3 rings (SSSR count). The smallest absolute Gasteiger partial charge is 0.127 e. The molecule has 3 nitrogen and oxygen atoms in total. The molecule has 0 spiro atoms. The van der Waals surface area contributed by atoms with Gasteiger partial charge in [0, 0.05) is 29.2 Å². The number of nitrogens with zero attached hydrogens (tertiary/aromatic N) is 1. The van der Waals surface area contributed by atoms with Gasteiger partial charge in [-0.3, -0.25) is 0 Å². The molecule has 0 aliphatic carbocycles. The predicted molar refractivity (Wildman–Crippen MR) is 79.6 cm³/mol. The number of aryl methyl sites for hydroxylation is 1. The molecule has 1 aliphatic heterocycles. The van der Waals surface area contributed by atoms with E-state index >= 15 is 0 Å². The van der Waals surface area contributed by atoms with Crippen molar-refractivity contribution in [3.63, 3.8) is 0 Å². The van der Waals surface area contributed by atoms with E-state index in [1.54, 1.807) is 0 Å². The lowest BCUT2D eigenvalue weighted by Crippen LogP contribution is -2.03. The Morgan fingerprint density at radius 1 is 1.37 bits per heavy atom. The van der Waals surface area contributed by atoms with Gasteiger partial charge < -0.3 is 10.1 Å². The topological polar surface area (TPSA) is 34.2 Å². The second-order valence-electron chi connectivity index (χ2n) is 4.72. The molecule has 0 bridgehead atoms. The average molecular weight is 319 g/mol. The van der Waals surface area contributed by atoms with Gasteiger partial charge in [0.2, 0.25) is 0 Å². The van der Waals surface area contributed by atoms with E-state index in [0.29, 0.717) is 0 Å². The number of hydrogen-bond acceptors (Lipinski definition) is 3. The molecule has 4 heteroatoms. The molecule has 1 aliphatic rings. The molecule has 1 aromatic carbocycles. The zero-order valence-corrected chi connectivity index (χ0v) is 12.3. The van der Waals surface area contributed by atoms with E-state index in [1.165, 1.54) is 16.7 Å². The number of nitrogens with one attached hydrogen (secondary N) is 1. The van der Waals surface area contributed by atoms with E-state index in [2.05, 4.69) is 45.3 Å². The number of anilines is 1. The summed E-state index contributed by atoms with van der Waals surface area (Å²) in [6, 6.07) is 8.27. The van der Waals surface area contributed by atoms with Crippen LogP contribution >= 0.6 is 15.9 Å². The molecule has 1 aromatic heterocycles. The van der Waals surface area contributed by atoms with Crippen LogP contribution in [0.5, 0.6) is 5.75 Å². The van der Waals surface area contributed by atoms with Crippen molar-refractivity contribution in [2.45, 2.75) is 19.9 Å². The second kappa shape index (κ2) is 5.21. The van der Waals surface area contributed by atoms with E-state index in [1.807, 2.05) is 18.3 Å². The Labute approximate surface area is 121 Å². The van der Waals surface area contributed by atoms with E-state index < -0.39 is 0 Å². The summed E-state index contributed by atoms with van der Waals surface area (Å²) < 4.78 is 6.82. The number of halogens is 1. The maximum Gasteiger partial charge on any atom is 0.127 e. The fraction of sp³-hybridized carbons (Fsp3) is 0.267.